The molecule has 0 aromatic heterocycles. The predicted molar refractivity (Wildman–Crippen MR) is 69.5 cm³/mol. The van der Waals surface area contributed by atoms with Crippen LogP contribution in [0.3, 0.4) is 0 Å². The zero-order valence-corrected chi connectivity index (χ0v) is 10.7. The first-order valence-electron chi connectivity index (χ1n) is 5.64. The predicted octanol–water partition coefficient (Wildman–Crippen LogP) is 3.64. The van der Waals surface area contributed by atoms with Crippen LogP contribution in [-0.4, -0.2) is 11.8 Å². The second-order valence-corrected chi connectivity index (χ2v) is 5.48. The van der Waals surface area contributed by atoms with Crippen LogP contribution in [-0.2, 0) is 0 Å². The highest BCUT2D eigenvalue weighted by molar-refractivity contribution is 8.00. The van der Waals surface area contributed by atoms with E-state index in [2.05, 4.69) is 45.0 Å². The van der Waals surface area contributed by atoms with E-state index >= 15 is 0 Å². The summed E-state index contributed by atoms with van der Waals surface area (Å²) in [6.07, 6.45) is 1.13. The normalized spacial score (nSPS) is 13.1. The van der Waals surface area contributed by atoms with Gasteiger partial charge in [-0.2, -0.15) is 0 Å². The average Bonchev–Trinajstić information content (AvgIpc) is 2.26. The van der Waals surface area contributed by atoms with Gasteiger partial charge in [-0.3, -0.25) is 0 Å². The first-order valence-corrected chi connectivity index (χ1v) is 6.52. The Morgan fingerprint density at radius 2 is 1.80 bits per heavy atom. The van der Waals surface area contributed by atoms with Crippen molar-refractivity contribution in [3.05, 3.63) is 29.8 Å². The summed E-state index contributed by atoms with van der Waals surface area (Å²) in [5, 5.41) is 0.551. The molecule has 1 aromatic carbocycles. The lowest BCUT2D eigenvalue weighted by Crippen LogP contribution is -2.15. The molecule has 2 N–H and O–H groups in total. The zero-order chi connectivity index (χ0) is 11.3. The van der Waals surface area contributed by atoms with Crippen LogP contribution in [0.2, 0.25) is 0 Å². The quantitative estimate of drug-likeness (QED) is 0.771. The number of hydrogen-bond donors (Lipinski definition) is 1. The summed E-state index contributed by atoms with van der Waals surface area (Å²) in [6, 6.07) is 8.85. The van der Waals surface area contributed by atoms with Gasteiger partial charge < -0.3 is 5.73 Å². The zero-order valence-electron chi connectivity index (χ0n) is 9.86. The molecule has 0 fully saturated rings. The van der Waals surface area contributed by atoms with Gasteiger partial charge in [-0.05, 0) is 30.0 Å². The second kappa shape index (κ2) is 6.19. The molecule has 15 heavy (non-hydrogen) atoms. The van der Waals surface area contributed by atoms with E-state index in [1.165, 1.54) is 10.5 Å². The molecule has 0 spiro atoms. The maximum atomic E-state index is 5.69. The minimum absolute atomic E-state index is 0.551. The van der Waals surface area contributed by atoms with Gasteiger partial charge in [0.15, 0.2) is 0 Å². The highest BCUT2D eigenvalue weighted by atomic mass is 32.2. The Bertz CT molecular complexity index is 275. The maximum Gasteiger partial charge on any atom is 0.0214 e. The van der Waals surface area contributed by atoms with Crippen LogP contribution in [0.4, 0.5) is 0 Å². The van der Waals surface area contributed by atoms with Gasteiger partial charge >= 0.3 is 0 Å². The molecule has 1 aromatic rings. The molecule has 0 radical (unpaired) electrons. The Hall–Kier alpha value is -0.470. The van der Waals surface area contributed by atoms with Gasteiger partial charge in [-0.15, -0.1) is 11.8 Å². The van der Waals surface area contributed by atoms with Crippen molar-refractivity contribution in [2.24, 2.45) is 5.73 Å². The molecule has 0 aliphatic heterocycles. The van der Waals surface area contributed by atoms with Crippen LogP contribution in [0.25, 0.3) is 0 Å². The van der Waals surface area contributed by atoms with E-state index in [1.807, 2.05) is 11.8 Å². The summed E-state index contributed by atoms with van der Waals surface area (Å²) in [4.78, 5) is 1.33. The summed E-state index contributed by atoms with van der Waals surface area (Å²) >= 11 is 1.88. The molecule has 2 heteroatoms. The lowest BCUT2D eigenvalue weighted by molar-refractivity contribution is 0.826. The molecule has 1 nitrogen and oxygen atoms in total. The van der Waals surface area contributed by atoms with Crippen LogP contribution in [0.5, 0.6) is 0 Å². The van der Waals surface area contributed by atoms with E-state index in [1.54, 1.807) is 0 Å². The summed E-state index contributed by atoms with van der Waals surface area (Å²) in [7, 11) is 0. The largest absolute Gasteiger partial charge is 0.329 e. The summed E-state index contributed by atoms with van der Waals surface area (Å²) < 4.78 is 0. The topological polar surface area (TPSA) is 26.0 Å². The Kier molecular flexibility index (Phi) is 5.20. The van der Waals surface area contributed by atoms with E-state index in [0.29, 0.717) is 11.2 Å². The van der Waals surface area contributed by atoms with Gasteiger partial charge in [0.2, 0.25) is 0 Å². The standard InChI is InChI=1S/C13H21NS/c1-4-12(9-14)15-13-7-5-11(6-8-13)10(2)3/h5-8,10,12H,4,9,14H2,1-3H3. The molecule has 0 bridgehead atoms. The third-order valence-electron chi connectivity index (χ3n) is 2.57. The highest BCUT2D eigenvalue weighted by Gasteiger charge is 2.06. The van der Waals surface area contributed by atoms with Crippen LogP contribution in [0.1, 0.15) is 38.7 Å². The molecule has 1 unspecified atom stereocenters. The van der Waals surface area contributed by atoms with Crippen molar-refractivity contribution in [1.82, 2.24) is 0 Å². The fourth-order valence-corrected chi connectivity index (χ4v) is 2.36. The van der Waals surface area contributed by atoms with E-state index < -0.39 is 0 Å². The first kappa shape index (κ1) is 12.6. The second-order valence-electron chi connectivity index (χ2n) is 4.11. The molecule has 0 heterocycles. The summed E-state index contributed by atoms with van der Waals surface area (Å²) in [5.41, 5.74) is 7.09. The maximum absolute atomic E-state index is 5.69. The first-order chi connectivity index (χ1) is 7.17. The molecule has 0 saturated carbocycles. The van der Waals surface area contributed by atoms with Gasteiger partial charge in [0.05, 0.1) is 0 Å². The molecular weight excluding hydrogens is 202 g/mol. The Morgan fingerprint density at radius 1 is 1.20 bits per heavy atom. The third kappa shape index (κ3) is 3.88. The summed E-state index contributed by atoms with van der Waals surface area (Å²) in [6.45, 7) is 7.38. The van der Waals surface area contributed by atoms with Gasteiger partial charge in [0, 0.05) is 16.7 Å². The Morgan fingerprint density at radius 3 is 2.20 bits per heavy atom. The number of nitrogens with two attached hydrogens (primary N) is 1. The molecule has 1 atom stereocenters. The van der Waals surface area contributed by atoms with E-state index in [-0.39, 0.29) is 0 Å². The third-order valence-corrected chi connectivity index (χ3v) is 3.97. The van der Waals surface area contributed by atoms with Crippen molar-refractivity contribution in [1.29, 1.82) is 0 Å². The highest BCUT2D eigenvalue weighted by Crippen LogP contribution is 2.26. The van der Waals surface area contributed by atoms with Gasteiger partial charge in [0.25, 0.3) is 0 Å². The number of thioether (sulfide) groups is 1. The van der Waals surface area contributed by atoms with E-state index in [0.717, 1.165) is 13.0 Å². The Balaban J connectivity index is 2.63. The molecule has 1 rings (SSSR count). The number of rotatable bonds is 5. The van der Waals surface area contributed by atoms with Crippen molar-refractivity contribution < 1.29 is 0 Å². The molecule has 0 amide bonds. The van der Waals surface area contributed by atoms with Crippen LogP contribution in [0.15, 0.2) is 29.2 Å². The molecule has 0 aliphatic rings. The van der Waals surface area contributed by atoms with Crippen molar-refractivity contribution in [2.75, 3.05) is 6.54 Å². The average molecular weight is 223 g/mol. The number of benzene rings is 1. The van der Waals surface area contributed by atoms with Crippen molar-refractivity contribution in [2.45, 2.75) is 43.3 Å². The lowest BCUT2D eigenvalue weighted by atomic mass is 10.0. The Labute approximate surface area is 97.4 Å². The van der Waals surface area contributed by atoms with Crippen molar-refractivity contribution in [3.8, 4) is 0 Å². The monoisotopic (exact) mass is 223 g/mol. The van der Waals surface area contributed by atoms with Crippen molar-refractivity contribution >= 4 is 11.8 Å². The molecular formula is C13H21NS. The van der Waals surface area contributed by atoms with Crippen LogP contribution >= 0.6 is 11.8 Å². The molecule has 0 saturated heterocycles. The lowest BCUT2D eigenvalue weighted by Gasteiger charge is -2.12. The number of hydrogen-bond acceptors (Lipinski definition) is 2. The van der Waals surface area contributed by atoms with E-state index in [4.69, 9.17) is 5.73 Å². The minimum atomic E-state index is 0.551. The fourth-order valence-electron chi connectivity index (χ4n) is 1.42. The van der Waals surface area contributed by atoms with Gasteiger partial charge in [-0.25, -0.2) is 0 Å². The van der Waals surface area contributed by atoms with Crippen molar-refractivity contribution in [3.63, 3.8) is 0 Å². The molecule has 84 valence electrons. The SMILES string of the molecule is CCC(CN)Sc1ccc(C(C)C)cc1. The van der Waals surface area contributed by atoms with Crippen LogP contribution < -0.4 is 5.73 Å². The van der Waals surface area contributed by atoms with Crippen LogP contribution in [0, 0.1) is 0 Å². The summed E-state index contributed by atoms with van der Waals surface area (Å²) in [5.74, 6) is 0.612. The van der Waals surface area contributed by atoms with Gasteiger partial charge in [0.1, 0.15) is 0 Å². The van der Waals surface area contributed by atoms with E-state index in [9.17, 15) is 0 Å². The smallest absolute Gasteiger partial charge is 0.0214 e. The molecule has 0 aliphatic carbocycles. The van der Waals surface area contributed by atoms with Gasteiger partial charge in [-0.1, -0.05) is 32.9 Å². The minimum Gasteiger partial charge on any atom is -0.329 e. The fraction of sp³-hybridized carbons (Fsp3) is 0.538.